The molecule has 0 radical (unpaired) electrons. The smallest absolute Gasteiger partial charge is 0.0516 e. The van der Waals surface area contributed by atoms with E-state index in [1.807, 2.05) is 30.3 Å². The van der Waals surface area contributed by atoms with Gasteiger partial charge in [0.15, 0.2) is 0 Å². The first kappa shape index (κ1) is 11.8. The number of rotatable bonds is 3. The lowest BCUT2D eigenvalue weighted by Gasteiger charge is -2.09. The van der Waals surface area contributed by atoms with Gasteiger partial charge in [-0.2, -0.15) is 0 Å². The number of nitrogens with one attached hydrogen (secondary N) is 1. The molecular weight excluding hydrogens is 232 g/mol. The van der Waals surface area contributed by atoms with Crippen LogP contribution < -0.4 is 5.73 Å². The Labute approximate surface area is 112 Å². The Kier molecular flexibility index (Phi) is 2.94. The van der Waals surface area contributed by atoms with Crippen molar-refractivity contribution in [3.63, 3.8) is 0 Å². The van der Waals surface area contributed by atoms with E-state index in [2.05, 4.69) is 35.8 Å². The van der Waals surface area contributed by atoms with E-state index in [1.54, 1.807) is 6.08 Å². The van der Waals surface area contributed by atoms with Crippen LogP contribution in [-0.4, -0.2) is 4.98 Å². The lowest BCUT2D eigenvalue weighted by atomic mass is 9.99. The molecule has 1 unspecified atom stereocenters. The van der Waals surface area contributed by atoms with E-state index in [4.69, 9.17) is 5.73 Å². The van der Waals surface area contributed by atoms with Crippen molar-refractivity contribution in [2.24, 2.45) is 5.73 Å². The fraction of sp³-hybridized carbons (Fsp3) is 0.0588. The van der Waals surface area contributed by atoms with Crippen LogP contribution in [0.2, 0.25) is 0 Å². The standard InChI is InChI=1S/C17H16N2/c1-2-14(18)16-13-10-6-7-11-15(13)19-17(16)12-8-4-3-5-9-12/h2-11,14,19H,1,18H2. The third-order valence-electron chi connectivity index (χ3n) is 3.40. The van der Waals surface area contributed by atoms with E-state index in [1.165, 1.54) is 0 Å². The van der Waals surface area contributed by atoms with Gasteiger partial charge >= 0.3 is 0 Å². The molecule has 1 aromatic heterocycles. The van der Waals surface area contributed by atoms with E-state index >= 15 is 0 Å². The number of hydrogen-bond donors (Lipinski definition) is 2. The number of H-pyrrole nitrogens is 1. The first-order valence-electron chi connectivity index (χ1n) is 6.35. The zero-order valence-electron chi connectivity index (χ0n) is 10.6. The summed E-state index contributed by atoms with van der Waals surface area (Å²) in [5, 5.41) is 1.16. The van der Waals surface area contributed by atoms with Crippen LogP contribution in [0.4, 0.5) is 0 Å². The molecule has 0 fully saturated rings. The first-order valence-corrected chi connectivity index (χ1v) is 6.35. The van der Waals surface area contributed by atoms with Crippen molar-refractivity contribution < 1.29 is 0 Å². The Bertz CT molecular complexity index is 710. The van der Waals surface area contributed by atoms with Gasteiger partial charge in [0.05, 0.1) is 11.7 Å². The molecule has 2 aromatic carbocycles. The summed E-state index contributed by atoms with van der Waals surface area (Å²) in [5.41, 5.74) is 10.6. The number of para-hydroxylation sites is 1. The van der Waals surface area contributed by atoms with Crippen molar-refractivity contribution in [3.05, 3.63) is 72.8 Å². The maximum Gasteiger partial charge on any atom is 0.0516 e. The van der Waals surface area contributed by atoms with Gasteiger partial charge in [-0.3, -0.25) is 0 Å². The fourth-order valence-electron chi connectivity index (χ4n) is 2.46. The molecule has 0 saturated heterocycles. The predicted molar refractivity (Wildman–Crippen MR) is 80.9 cm³/mol. The Morgan fingerprint density at radius 1 is 1.00 bits per heavy atom. The largest absolute Gasteiger partial charge is 0.354 e. The zero-order chi connectivity index (χ0) is 13.2. The topological polar surface area (TPSA) is 41.8 Å². The number of aromatic nitrogens is 1. The fourth-order valence-corrected chi connectivity index (χ4v) is 2.46. The quantitative estimate of drug-likeness (QED) is 0.675. The minimum absolute atomic E-state index is 0.175. The molecule has 0 aliphatic heterocycles. The zero-order valence-corrected chi connectivity index (χ0v) is 10.6. The summed E-state index contributed by atoms with van der Waals surface area (Å²) in [6.07, 6.45) is 1.78. The molecule has 19 heavy (non-hydrogen) atoms. The van der Waals surface area contributed by atoms with E-state index in [9.17, 15) is 0 Å². The highest BCUT2D eigenvalue weighted by molar-refractivity contribution is 5.91. The monoisotopic (exact) mass is 248 g/mol. The highest BCUT2D eigenvalue weighted by Gasteiger charge is 2.16. The third-order valence-corrected chi connectivity index (χ3v) is 3.40. The molecule has 3 N–H and O–H groups in total. The number of aromatic amines is 1. The van der Waals surface area contributed by atoms with Gasteiger partial charge in [-0.05, 0) is 11.6 Å². The maximum absolute atomic E-state index is 6.20. The average molecular weight is 248 g/mol. The minimum Gasteiger partial charge on any atom is -0.354 e. The van der Waals surface area contributed by atoms with Crippen LogP contribution in [0.5, 0.6) is 0 Å². The summed E-state index contributed by atoms with van der Waals surface area (Å²) >= 11 is 0. The van der Waals surface area contributed by atoms with Crippen LogP contribution in [0.25, 0.3) is 22.2 Å². The van der Waals surface area contributed by atoms with E-state index < -0.39 is 0 Å². The predicted octanol–water partition coefficient (Wildman–Crippen LogP) is 4.02. The van der Waals surface area contributed by atoms with Gasteiger partial charge in [0.1, 0.15) is 0 Å². The first-order chi connectivity index (χ1) is 9.31. The Morgan fingerprint density at radius 2 is 1.68 bits per heavy atom. The number of benzene rings is 2. The van der Waals surface area contributed by atoms with Crippen molar-refractivity contribution in [2.45, 2.75) is 6.04 Å². The van der Waals surface area contributed by atoms with Crippen molar-refractivity contribution in [3.8, 4) is 11.3 Å². The molecule has 3 rings (SSSR count). The molecule has 1 heterocycles. The number of nitrogens with two attached hydrogens (primary N) is 1. The summed E-state index contributed by atoms with van der Waals surface area (Å²) in [4.78, 5) is 3.47. The van der Waals surface area contributed by atoms with Crippen molar-refractivity contribution in [1.82, 2.24) is 4.98 Å². The van der Waals surface area contributed by atoms with E-state index in [0.717, 1.165) is 27.7 Å². The molecule has 0 bridgehead atoms. The molecule has 94 valence electrons. The van der Waals surface area contributed by atoms with Crippen LogP contribution in [-0.2, 0) is 0 Å². The van der Waals surface area contributed by atoms with Gasteiger partial charge < -0.3 is 10.7 Å². The summed E-state index contributed by atoms with van der Waals surface area (Å²) < 4.78 is 0. The SMILES string of the molecule is C=CC(N)c1c(-c2ccccc2)[nH]c2ccccc12. The lowest BCUT2D eigenvalue weighted by Crippen LogP contribution is -2.07. The van der Waals surface area contributed by atoms with Crippen LogP contribution >= 0.6 is 0 Å². The van der Waals surface area contributed by atoms with Gasteiger partial charge in [-0.25, -0.2) is 0 Å². The second-order valence-corrected chi connectivity index (χ2v) is 4.59. The van der Waals surface area contributed by atoms with Crippen LogP contribution in [0, 0.1) is 0 Å². The van der Waals surface area contributed by atoms with Gasteiger partial charge in [-0.1, -0.05) is 54.6 Å². The van der Waals surface area contributed by atoms with Gasteiger partial charge in [0.25, 0.3) is 0 Å². The average Bonchev–Trinajstić information content (AvgIpc) is 2.87. The van der Waals surface area contributed by atoms with E-state index in [-0.39, 0.29) is 6.04 Å². The summed E-state index contributed by atoms with van der Waals surface area (Å²) in [6, 6.07) is 18.3. The van der Waals surface area contributed by atoms with Gasteiger partial charge in [0, 0.05) is 16.5 Å². The normalized spacial score (nSPS) is 12.5. The van der Waals surface area contributed by atoms with Crippen LogP contribution in [0.3, 0.4) is 0 Å². The van der Waals surface area contributed by atoms with Crippen molar-refractivity contribution in [2.75, 3.05) is 0 Å². The second kappa shape index (κ2) is 4.75. The molecule has 2 heteroatoms. The molecule has 0 aliphatic rings. The number of fused-ring (bicyclic) bond motifs is 1. The highest BCUT2D eigenvalue weighted by atomic mass is 14.8. The summed E-state index contributed by atoms with van der Waals surface area (Å²) in [6.45, 7) is 3.82. The van der Waals surface area contributed by atoms with Crippen molar-refractivity contribution in [1.29, 1.82) is 0 Å². The van der Waals surface area contributed by atoms with Crippen LogP contribution in [0.15, 0.2) is 67.3 Å². The lowest BCUT2D eigenvalue weighted by molar-refractivity contribution is 0.927. The molecule has 0 aliphatic carbocycles. The van der Waals surface area contributed by atoms with Gasteiger partial charge in [0.2, 0.25) is 0 Å². The molecular formula is C17H16N2. The maximum atomic E-state index is 6.20. The number of hydrogen-bond acceptors (Lipinski definition) is 1. The summed E-state index contributed by atoms with van der Waals surface area (Å²) in [7, 11) is 0. The van der Waals surface area contributed by atoms with Crippen molar-refractivity contribution >= 4 is 10.9 Å². The molecule has 0 spiro atoms. The molecule has 0 amide bonds. The Balaban J connectivity index is 2.32. The summed E-state index contributed by atoms with van der Waals surface area (Å²) in [5.74, 6) is 0. The Hall–Kier alpha value is -2.32. The highest BCUT2D eigenvalue weighted by Crippen LogP contribution is 2.33. The van der Waals surface area contributed by atoms with E-state index in [0.29, 0.717) is 0 Å². The minimum atomic E-state index is -0.175. The molecule has 3 aromatic rings. The molecule has 1 atom stereocenters. The van der Waals surface area contributed by atoms with Crippen LogP contribution in [0.1, 0.15) is 11.6 Å². The Morgan fingerprint density at radius 3 is 2.42 bits per heavy atom. The molecule has 0 saturated carbocycles. The van der Waals surface area contributed by atoms with Gasteiger partial charge in [-0.15, -0.1) is 6.58 Å². The molecule has 2 nitrogen and oxygen atoms in total. The third kappa shape index (κ3) is 1.96. The second-order valence-electron chi connectivity index (χ2n) is 4.59.